The fourth-order valence-electron chi connectivity index (χ4n) is 0.520. The van der Waals surface area contributed by atoms with Crippen LogP contribution in [0.2, 0.25) is 0 Å². The van der Waals surface area contributed by atoms with Gasteiger partial charge in [0.25, 0.3) is 0 Å². The zero-order chi connectivity index (χ0) is 8.20. The SMILES string of the molecule is NCCN(CN)C(O)(O)O. The van der Waals surface area contributed by atoms with Crippen LogP contribution < -0.4 is 11.5 Å². The van der Waals surface area contributed by atoms with Gasteiger partial charge in [-0.25, -0.2) is 4.90 Å². The first-order valence-electron chi connectivity index (χ1n) is 2.84. The van der Waals surface area contributed by atoms with Crippen molar-refractivity contribution >= 4 is 0 Å². The quantitative estimate of drug-likeness (QED) is 0.269. The van der Waals surface area contributed by atoms with Crippen LogP contribution in [0.4, 0.5) is 0 Å². The molecule has 0 aromatic carbocycles. The van der Waals surface area contributed by atoms with Gasteiger partial charge in [-0.3, -0.25) is 0 Å². The molecule has 0 unspecified atom stereocenters. The molecule has 7 N–H and O–H groups in total. The van der Waals surface area contributed by atoms with Gasteiger partial charge >= 0.3 is 6.10 Å². The van der Waals surface area contributed by atoms with Crippen molar-refractivity contribution in [1.82, 2.24) is 4.90 Å². The number of nitrogens with zero attached hydrogens (tertiary/aromatic N) is 1. The monoisotopic (exact) mass is 151 g/mol. The predicted octanol–water partition coefficient (Wildman–Crippen LogP) is -3.25. The third-order valence-corrected chi connectivity index (χ3v) is 1.04. The van der Waals surface area contributed by atoms with Gasteiger partial charge in [-0.2, -0.15) is 0 Å². The second kappa shape index (κ2) is 3.81. The molecule has 0 aliphatic heterocycles. The van der Waals surface area contributed by atoms with E-state index in [1.165, 1.54) is 0 Å². The van der Waals surface area contributed by atoms with Gasteiger partial charge < -0.3 is 26.8 Å². The minimum absolute atomic E-state index is 0.125. The van der Waals surface area contributed by atoms with E-state index in [1.807, 2.05) is 0 Å². The van der Waals surface area contributed by atoms with E-state index in [1.54, 1.807) is 0 Å². The van der Waals surface area contributed by atoms with Crippen LogP contribution in [-0.4, -0.2) is 46.1 Å². The highest BCUT2D eigenvalue weighted by atomic mass is 16.7. The lowest BCUT2D eigenvalue weighted by Gasteiger charge is -2.27. The molecule has 0 fully saturated rings. The first kappa shape index (κ1) is 9.76. The van der Waals surface area contributed by atoms with Crippen LogP contribution in [-0.2, 0) is 0 Å². The molecule has 0 atom stereocenters. The van der Waals surface area contributed by atoms with Crippen LogP contribution in [0.3, 0.4) is 0 Å². The van der Waals surface area contributed by atoms with E-state index in [4.69, 9.17) is 26.8 Å². The molecule has 0 amide bonds. The fourth-order valence-corrected chi connectivity index (χ4v) is 0.520. The highest BCUT2D eigenvalue weighted by Crippen LogP contribution is 1.99. The molecule has 0 aromatic heterocycles. The molecule has 6 heteroatoms. The Labute approximate surface area is 58.7 Å². The molecule has 0 heterocycles. The largest absolute Gasteiger partial charge is 0.346 e. The van der Waals surface area contributed by atoms with Crippen molar-refractivity contribution in [2.75, 3.05) is 19.8 Å². The van der Waals surface area contributed by atoms with Crippen molar-refractivity contribution in [2.24, 2.45) is 11.5 Å². The van der Waals surface area contributed by atoms with E-state index in [0.29, 0.717) is 0 Å². The van der Waals surface area contributed by atoms with Gasteiger partial charge in [0.2, 0.25) is 0 Å². The summed E-state index contributed by atoms with van der Waals surface area (Å²) < 4.78 is 0. The molecule has 0 bridgehead atoms. The van der Waals surface area contributed by atoms with Crippen molar-refractivity contribution in [3.05, 3.63) is 0 Å². The molecule has 62 valence electrons. The maximum Gasteiger partial charge on any atom is 0.346 e. The van der Waals surface area contributed by atoms with E-state index in [0.717, 1.165) is 4.90 Å². The zero-order valence-corrected chi connectivity index (χ0v) is 5.56. The normalized spacial score (nSPS) is 12.6. The summed E-state index contributed by atoms with van der Waals surface area (Å²) in [6.07, 6.45) is -2.85. The molecule has 0 rings (SSSR count). The fraction of sp³-hybridized carbons (Fsp3) is 1.00. The van der Waals surface area contributed by atoms with Crippen molar-refractivity contribution < 1.29 is 15.3 Å². The van der Waals surface area contributed by atoms with Crippen LogP contribution in [0.1, 0.15) is 0 Å². The summed E-state index contributed by atoms with van der Waals surface area (Å²) in [5, 5.41) is 25.5. The summed E-state index contributed by atoms with van der Waals surface area (Å²) >= 11 is 0. The first-order valence-corrected chi connectivity index (χ1v) is 2.84. The molecule has 6 nitrogen and oxygen atoms in total. The Morgan fingerprint density at radius 1 is 1.20 bits per heavy atom. The van der Waals surface area contributed by atoms with Crippen molar-refractivity contribution in [2.45, 2.75) is 6.10 Å². The minimum atomic E-state index is -2.85. The number of hydrogen-bond donors (Lipinski definition) is 5. The lowest BCUT2D eigenvalue weighted by molar-refractivity contribution is -0.392. The topological polar surface area (TPSA) is 116 Å². The molecule has 10 heavy (non-hydrogen) atoms. The van der Waals surface area contributed by atoms with E-state index in [-0.39, 0.29) is 19.8 Å². The molecular formula is C4H13N3O3. The smallest absolute Gasteiger partial charge is 0.330 e. The van der Waals surface area contributed by atoms with Gasteiger partial charge in [0.15, 0.2) is 0 Å². The van der Waals surface area contributed by atoms with Crippen molar-refractivity contribution in [3.8, 4) is 0 Å². The van der Waals surface area contributed by atoms with Gasteiger partial charge in [0.05, 0.1) is 6.67 Å². The molecule has 0 spiro atoms. The molecule has 0 saturated heterocycles. The summed E-state index contributed by atoms with van der Waals surface area (Å²) in [7, 11) is 0. The third kappa shape index (κ3) is 3.06. The third-order valence-electron chi connectivity index (χ3n) is 1.04. The van der Waals surface area contributed by atoms with E-state index in [2.05, 4.69) is 0 Å². The second-order valence-corrected chi connectivity index (χ2v) is 1.83. The van der Waals surface area contributed by atoms with Gasteiger partial charge in [-0.05, 0) is 0 Å². The Bertz CT molecular complexity index is 92.2. The van der Waals surface area contributed by atoms with Gasteiger partial charge in [0.1, 0.15) is 0 Å². The Hall–Kier alpha value is -0.240. The lowest BCUT2D eigenvalue weighted by atomic mass is 10.5. The Morgan fingerprint density at radius 3 is 1.80 bits per heavy atom. The highest BCUT2D eigenvalue weighted by molar-refractivity contribution is 4.54. The maximum atomic E-state index is 8.51. The molecule has 0 radical (unpaired) electrons. The lowest BCUT2D eigenvalue weighted by Crippen LogP contribution is -2.52. The summed E-state index contributed by atoms with van der Waals surface area (Å²) in [6, 6.07) is 0. The van der Waals surface area contributed by atoms with Crippen LogP contribution in [0.25, 0.3) is 0 Å². The summed E-state index contributed by atoms with van der Waals surface area (Å²) in [5.74, 6) is 0. The molecule has 0 saturated carbocycles. The summed E-state index contributed by atoms with van der Waals surface area (Å²) in [4.78, 5) is 0.812. The van der Waals surface area contributed by atoms with Crippen LogP contribution >= 0.6 is 0 Å². The first-order chi connectivity index (χ1) is 4.52. The van der Waals surface area contributed by atoms with Gasteiger partial charge in [0, 0.05) is 13.1 Å². The number of hydrogen-bond acceptors (Lipinski definition) is 6. The maximum absolute atomic E-state index is 8.51. The van der Waals surface area contributed by atoms with Crippen LogP contribution in [0.5, 0.6) is 0 Å². The molecule has 0 aromatic rings. The van der Waals surface area contributed by atoms with Crippen molar-refractivity contribution in [3.63, 3.8) is 0 Å². The summed E-state index contributed by atoms with van der Waals surface area (Å²) in [5.41, 5.74) is 10.1. The van der Waals surface area contributed by atoms with Crippen LogP contribution in [0, 0.1) is 0 Å². The van der Waals surface area contributed by atoms with Crippen LogP contribution in [0.15, 0.2) is 0 Å². The standard InChI is InChI=1S/C4H13N3O3/c5-1-2-7(3-6)4(8,9)10/h8-10H,1-3,5-6H2. The number of nitrogens with two attached hydrogens (primary N) is 2. The average Bonchev–Trinajstić information content (AvgIpc) is 1.80. The van der Waals surface area contributed by atoms with E-state index < -0.39 is 6.10 Å². The average molecular weight is 151 g/mol. The van der Waals surface area contributed by atoms with E-state index >= 15 is 0 Å². The Balaban J connectivity index is 3.81. The van der Waals surface area contributed by atoms with Gasteiger partial charge in [-0.15, -0.1) is 0 Å². The summed E-state index contributed by atoms with van der Waals surface area (Å²) in [6.45, 7) is 0.154. The molecule has 0 aliphatic carbocycles. The zero-order valence-electron chi connectivity index (χ0n) is 5.56. The number of aliphatic hydroxyl groups is 3. The molecule has 0 aliphatic rings. The second-order valence-electron chi connectivity index (χ2n) is 1.83. The Kier molecular flexibility index (Phi) is 3.72. The van der Waals surface area contributed by atoms with Crippen molar-refractivity contribution in [1.29, 1.82) is 0 Å². The predicted molar refractivity (Wildman–Crippen MR) is 34.2 cm³/mol. The van der Waals surface area contributed by atoms with Gasteiger partial charge in [-0.1, -0.05) is 0 Å². The highest BCUT2D eigenvalue weighted by Gasteiger charge is 2.26. The van der Waals surface area contributed by atoms with E-state index in [9.17, 15) is 0 Å². The Morgan fingerprint density at radius 2 is 1.70 bits per heavy atom. The molecular weight excluding hydrogens is 138 g/mol. The number of rotatable bonds is 4. The minimum Gasteiger partial charge on any atom is -0.330 e.